The van der Waals surface area contributed by atoms with Crippen molar-refractivity contribution in [3.8, 4) is 0 Å². The molecule has 1 aliphatic rings. The van der Waals surface area contributed by atoms with E-state index in [-0.39, 0.29) is 30.1 Å². The van der Waals surface area contributed by atoms with Crippen LogP contribution in [0.3, 0.4) is 0 Å². The number of aryl methyl sites for hydroxylation is 1. The van der Waals surface area contributed by atoms with Crippen molar-refractivity contribution in [2.45, 2.75) is 58.2 Å². The second-order valence-corrected chi connectivity index (χ2v) is 6.85. The van der Waals surface area contributed by atoms with E-state index in [4.69, 9.17) is 4.99 Å². The fourth-order valence-corrected chi connectivity index (χ4v) is 3.03. The molecule has 142 valence electrons. The van der Waals surface area contributed by atoms with Crippen LogP contribution in [-0.2, 0) is 6.54 Å². The number of rotatable bonds is 5. The molecule has 0 bridgehead atoms. The Bertz CT molecular complexity index is 554. The van der Waals surface area contributed by atoms with Crippen molar-refractivity contribution in [1.29, 1.82) is 0 Å². The maximum Gasteiger partial charge on any atom is 0.191 e. The second kappa shape index (κ2) is 10.9. The summed E-state index contributed by atoms with van der Waals surface area (Å²) in [4.78, 5) is 6.86. The molecule has 0 unspecified atom stereocenters. The molecule has 1 aliphatic carbocycles. The quantitative estimate of drug-likeness (QED) is 0.359. The molecule has 0 amide bonds. The molecule has 25 heavy (non-hydrogen) atoms. The first-order valence-corrected chi connectivity index (χ1v) is 8.99. The summed E-state index contributed by atoms with van der Waals surface area (Å²) in [5, 5.41) is 16.5. The molecule has 3 N–H and O–H groups in total. The highest BCUT2D eigenvalue weighted by Crippen LogP contribution is 2.19. The van der Waals surface area contributed by atoms with Crippen LogP contribution in [0.5, 0.6) is 0 Å². The first-order chi connectivity index (χ1) is 11.5. The van der Waals surface area contributed by atoms with Gasteiger partial charge in [-0.3, -0.25) is 0 Å². The average molecular weight is 460 g/mol. The van der Waals surface area contributed by atoms with Crippen molar-refractivity contribution in [2.75, 3.05) is 25.5 Å². The van der Waals surface area contributed by atoms with E-state index < -0.39 is 0 Å². The smallest absolute Gasteiger partial charge is 0.191 e. The Morgan fingerprint density at radius 2 is 1.92 bits per heavy atom. The zero-order valence-corrected chi connectivity index (χ0v) is 18.2. The highest BCUT2D eigenvalue weighted by Gasteiger charge is 2.19. The number of nitrogens with zero attached hydrogens (tertiary/aromatic N) is 2. The predicted molar refractivity (Wildman–Crippen MR) is 117 cm³/mol. The molecule has 1 aromatic rings. The molecule has 5 nitrogen and oxygen atoms in total. The van der Waals surface area contributed by atoms with E-state index in [0.29, 0.717) is 12.6 Å². The van der Waals surface area contributed by atoms with E-state index in [1.54, 1.807) is 0 Å². The molecule has 0 spiro atoms. The minimum absolute atomic E-state index is 0. The monoisotopic (exact) mass is 460 g/mol. The molecule has 0 aliphatic heterocycles. The van der Waals surface area contributed by atoms with Gasteiger partial charge in [-0.25, -0.2) is 4.99 Å². The Hall–Kier alpha value is -1.02. The van der Waals surface area contributed by atoms with Gasteiger partial charge in [0.05, 0.1) is 12.6 Å². The van der Waals surface area contributed by atoms with E-state index >= 15 is 0 Å². The van der Waals surface area contributed by atoms with Crippen LogP contribution in [0.2, 0.25) is 0 Å². The van der Waals surface area contributed by atoms with E-state index in [0.717, 1.165) is 38.2 Å². The molecule has 1 aromatic carbocycles. The number of anilines is 1. The number of hydrogen-bond donors (Lipinski definition) is 3. The lowest BCUT2D eigenvalue weighted by Gasteiger charge is -2.27. The van der Waals surface area contributed by atoms with Gasteiger partial charge in [-0.2, -0.15) is 0 Å². The van der Waals surface area contributed by atoms with Gasteiger partial charge in [-0.15, -0.1) is 24.0 Å². The van der Waals surface area contributed by atoms with Crippen LogP contribution in [0.1, 0.15) is 43.7 Å². The maximum atomic E-state index is 9.63. The van der Waals surface area contributed by atoms with Crippen LogP contribution in [-0.4, -0.2) is 43.9 Å². The highest BCUT2D eigenvalue weighted by atomic mass is 127. The van der Waals surface area contributed by atoms with E-state index in [1.165, 1.54) is 16.8 Å². The Labute approximate surface area is 169 Å². The Morgan fingerprint density at radius 3 is 2.48 bits per heavy atom. The highest BCUT2D eigenvalue weighted by molar-refractivity contribution is 14.0. The third kappa shape index (κ3) is 7.01. The first-order valence-electron chi connectivity index (χ1n) is 8.99. The third-order valence-corrected chi connectivity index (χ3v) is 4.63. The van der Waals surface area contributed by atoms with Crippen molar-refractivity contribution in [1.82, 2.24) is 10.6 Å². The van der Waals surface area contributed by atoms with E-state index in [9.17, 15) is 5.11 Å². The van der Waals surface area contributed by atoms with Crippen LogP contribution in [0.25, 0.3) is 0 Å². The lowest BCUT2D eigenvalue weighted by molar-refractivity contribution is 0.120. The Kier molecular flexibility index (Phi) is 9.56. The minimum Gasteiger partial charge on any atom is -0.393 e. The summed E-state index contributed by atoms with van der Waals surface area (Å²) in [6.45, 7) is 5.74. The van der Waals surface area contributed by atoms with Crippen LogP contribution in [0.15, 0.2) is 23.2 Å². The third-order valence-electron chi connectivity index (χ3n) is 4.63. The van der Waals surface area contributed by atoms with Gasteiger partial charge in [0.2, 0.25) is 0 Å². The molecule has 0 aromatic heterocycles. The number of aliphatic hydroxyl groups is 1. The number of nitrogens with one attached hydrogen (secondary N) is 2. The summed E-state index contributed by atoms with van der Waals surface area (Å²) in [6.07, 6.45) is 3.63. The summed E-state index contributed by atoms with van der Waals surface area (Å²) < 4.78 is 0. The molecular formula is C19H33IN4O. The number of hydrogen-bond acceptors (Lipinski definition) is 3. The van der Waals surface area contributed by atoms with Gasteiger partial charge in [0, 0.05) is 32.4 Å². The summed E-state index contributed by atoms with van der Waals surface area (Å²) >= 11 is 0. The number of aliphatic hydroxyl groups excluding tert-OH is 1. The van der Waals surface area contributed by atoms with Crippen LogP contribution >= 0.6 is 24.0 Å². The molecule has 1 saturated carbocycles. The van der Waals surface area contributed by atoms with Gasteiger partial charge >= 0.3 is 0 Å². The van der Waals surface area contributed by atoms with Gasteiger partial charge in [0.25, 0.3) is 0 Å². The van der Waals surface area contributed by atoms with Gasteiger partial charge in [-0.05, 0) is 62.8 Å². The molecular weight excluding hydrogens is 427 g/mol. The summed E-state index contributed by atoms with van der Waals surface area (Å²) in [6, 6.07) is 6.91. The van der Waals surface area contributed by atoms with Crippen LogP contribution < -0.4 is 15.5 Å². The SMILES string of the molecule is CCNC(=NCc1ccc(N(C)C)cc1C)NC1CCC(O)CC1.I. The molecule has 1 fully saturated rings. The van der Waals surface area contributed by atoms with E-state index in [2.05, 4.69) is 61.7 Å². The van der Waals surface area contributed by atoms with E-state index in [1.807, 2.05) is 0 Å². The first kappa shape index (κ1) is 22.0. The number of guanidine groups is 1. The van der Waals surface area contributed by atoms with Gasteiger partial charge in [-0.1, -0.05) is 6.07 Å². The number of benzene rings is 1. The largest absolute Gasteiger partial charge is 0.393 e. The number of aliphatic imine (C=N–C) groups is 1. The molecule has 2 rings (SSSR count). The molecule has 0 radical (unpaired) electrons. The fraction of sp³-hybridized carbons (Fsp3) is 0.632. The van der Waals surface area contributed by atoms with Crippen LogP contribution in [0, 0.1) is 6.92 Å². The van der Waals surface area contributed by atoms with Crippen molar-refractivity contribution >= 4 is 35.6 Å². The summed E-state index contributed by atoms with van der Waals surface area (Å²) in [5.41, 5.74) is 3.73. The van der Waals surface area contributed by atoms with Gasteiger partial charge in [0.1, 0.15) is 0 Å². The zero-order chi connectivity index (χ0) is 17.5. The van der Waals surface area contributed by atoms with Crippen molar-refractivity contribution in [3.05, 3.63) is 29.3 Å². The van der Waals surface area contributed by atoms with Gasteiger partial charge < -0.3 is 20.6 Å². The maximum absolute atomic E-state index is 9.63. The zero-order valence-electron chi connectivity index (χ0n) is 15.9. The molecule has 0 atom stereocenters. The van der Waals surface area contributed by atoms with Crippen molar-refractivity contribution in [3.63, 3.8) is 0 Å². The lowest BCUT2D eigenvalue weighted by atomic mass is 9.93. The standard InChI is InChI=1S/C19H32N4O.HI/c1-5-20-19(22-16-7-10-18(24)11-8-16)21-13-15-6-9-17(23(3)4)12-14(15)2;/h6,9,12,16,18,24H,5,7-8,10-11,13H2,1-4H3,(H2,20,21,22);1H. The van der Waals surface area contributed by atoms with Gasteiger partial charge in [0.15, 0.2) is 5.96 Å². The van der Waals surface area contributed by atoms with Crippen LogP contribution in [0.4, 0.5) is 5.69 Å². The normalized spacial score (nSPS) is 20.6. The topological polar surface area (TPSA) is 59.9 Å². The molecule has 0 heterocycles. The number of halogens is 1. The Morgan fingerprint density at radius 1 is 1.24 bits per heavy atom. The Balaban J connectivity index is 0.00000312. The molecule has 0 saturated heterocycles. The fourth-order valence-electron chi connectivity index (χ4n) is 3.03. The molecule has 6 heteroatoms. The summed E-state index contributed by atoms with van der Waals surface area (Å²) in [7, 11) is 4.11. The summed E-state index contributed by atoms with van der Waals surface area (Å²) in [5.74, 6) is 0.870. The lowest BCUT2D eigenvalue weighted by Crippen LogP contribution is -2.45. The predicted octanol–water partition coefficient (Wildman–Crippen LogP) is 3.04. The average Bonchev–Trinajstić information content (AvgIpc) is 2.55. The van der Waals surface area contributed by atoms with Crippen molar-refractivity contribution < 1.29 is 5.11 Å². The minimum atomic E-state index is -0.125. The van der Waals surface area contributed by atoms with Crippen molar-refractivity contribution in [2.24, 2.45) is 4.99 Å². The second-order valence-electron chi connectivity index (χ2n) is 6.85.